The van der Waals surface area contributed by atoms with Gasteiger partial charge < -0.3 is 10.2 Å². The molecule has 0 saturated heterocycles. The highest BCUT2D eigenvalue weighted by atomic mass is 16.2. The highest BCUT2D eigenvalue weighted by Gasteiger charge is 2.29. The molecule has 4 nitrogen and oxygen atoms in total. The van der Waals surface area contributed by atoms with Crippen LogP contribution in [-0.4, -0.2) is 28.8 Å². The van der Waals surface area contributed by atoms with Crippen LogP contribution in [0.3, 0.4) is 0 Å². The molecule has 2 aromatic rings. The summed E-state index contributed by atoms with van der Waals surface area (Å²) >= 11 is 0. The molecule has 1 N–H and O–H groups in total. The lowest BCUT2D eigenvalue weighted by Crippen LogP contribution is -2.51. The Morgan fingerprint density at radius 2 is 1.60 bits per heavy atom. The second-order valence-electron chi connectivity index (χ2n) is 8.36. The molecule has 2 aromatic carbocycles. The van der Waals surface area contributed by atoms with Crippen LogP contribution in [0.25, 0.3) is 0 Å². The number of nitrogens with zero attached hydrogens (tertiary/aromatic N) is 1. The maximum absolute atomic E-state index is 13.5. The largest absolute Gasteiger partial charge is 0.352 e. The van der Waals surface area contributed by atoms with Crippen LogP contribution >= 0.6 is 0 Å². The Morgan fingerprint density at radius 3 is 2.17 bits per heavy atom. The molecule has 0 aromatic heterocycles. The molecule has 0 fully saturated rings. The molecule has 0 heterocycles. The van der Waals surface area contributed by atoms with Gasteiger partial charge in [-0.25, -0.2) is 0 Å². The summed E-state index contributed by atoms with van der Waals surface area (Å²) in [5.74, 6) is -0.0939. The SMILES string of the molecule is CC[C@H](C)NC(=O)[C@H](CC)N(Cc1ccccc1C)C(=O)Cc1cc(C)cc(C)c1. The highest BCUT2D eigenvalue weighted by molar-refractivity contribution is 5.88. The molecule has 0 radical (unpaired) electrons. The Bertz CT molecular complexity index is 855. The molecule has 2 atom stereocenters. The van der Waals surface area contributed by atoms with Crippen molar-refractivity contribution >= 4 is 11.8 Å². The van der Waals surface area contributed by atoms with Crippen LogP contribution in [0.15, 0.2) is 42.5 Å². The minimum atomic E-state index is -0.489. The van der Waals surface area contributed by atoms with Gasteiger partial charge in [-0.1, -0.05) is 67.4 Å². The number of aryl methyl sites for hydroxylation is 3. The molecule has 0 aliphatic heterocycles. The predicted molar refractivity (Wildman–Crippen MR) is 123 cm³/mol. The van der Waals surface area contributed by atoms with Crippen molar-refractivity contribution < 1.29 is 9.59 Å². The van der Waals surface area contributed by atoms with Gasteiger partial charge in [-0.05, 0) is 57.2 Å². The maximum Gasteiger partial charge on any atom is 0.243 e. The zero-order valence-electron chi connectivity index (χ0n) is 19.3. The Balaban J connectivity index is 2.34. The van der Waals surface area contributed by atoms with E-state index in [1.807, 2.05) is 65.8 Å². The van der Waals surface area contributed by atoms with E-state index >= 15 is 0 Å². The summed E-state index contributed by atoms with van der Waals surface area (Å²) in [5.41, 5.74) is 5.47. The van der Waals surface area contributed by atoms with Gasteiger partial charge in [0, 0.05) is 12.6 Å². The molecule has 4 heteroatoms. The van der Waals surface area contributed by atoms with Crippen LogP contribution in [0.5, 0.6) is 0 Å². The van der Waals surface area contributed by atoms with E-state index in [-0.39, 0.29) is 17.9 Å². The third-order valence-corrected chi connectivity index (χ3v) is 5.63. The molecular weight excluding hydrogens is 372 g/mol. The van der Waals surface area contributed by atoms with Gasteiger partial charge >= 0.3 is 0 Å². The van der Waals surface area contributed by atoms with E-state index in [4.69, 9.17) is 0 Å². The Labute approximate surface area is 181 Å². The number of benzene rings is 2. The number of nitrogens with one attached hydrogen (secondary N) is 1. The zero-order chi connectivity index (χ0) is 22.3. The van der Waals surface area contributed by atoms with Crippen molar-refractivity contribution in [1.29, 1.82) is 0 Å². The molecule has 0 saturated carbocycles. The number of carbonyl (C=O) groups is 2. The lowest BCUT2D eigenvalue weighted by atomic mass is 10.0. The molecule has 0 unspecified atom stereocenters. The summed E-state index contributed by atoms with van der Waals surface area (Å²) in [7, 11) is 0. The number of rotatable bonds is 9. The van der Waals surface area contributed by atoms with Crippen molar-refractivity contribution in [3.8, 4) is 0 Å². The quantitative estimate of drug-likeness (QED) is 0.643. The highest BCUT2D eigenvalue weighted by Crippen LogP contribution is 2.18. The molecular formula is C26H36N2O2. The molecule has 0 aliphatic carbocycles. The van der Waals surface area contributed by atoms with Gasteiger partial charge in [0.25, 0.3) is 0 Å². The summed E-state index contributed by atoms with van der Waals surface area (Å²) in [6.07, 6.45) is 1.73. The summed E-state index contributed by atoms with van der Waals surface area (Å²) < 4.78 is 0. The molecule has 2 amide bonds. The first-order valence-corrected chi connectivity index (χ1v) is 11.0. The van der Waals surface area contributed by atoms with Gasteiger partial charge in [0.2, 0.25) is 11.8 Å². The molecule has 0 aliphatic rings. The molecule has 30 heavy (non-hydrogen) atoms. The second kappa shape index (κ2) is 11.0. The smallest absolute Gasteiger partial charge is 0.243 e. The first-order valence-electron chi connectivity index (χ1n) is 11.0. The topological polar surface area (TPSA) is 49.4 Å². The molecule has 0 bridgehead atoms. The van der Waals surface area contributed by atoms with Gasteiger partial charge in [0.05, 0.1) is 6.42 Å². The minimum Gasteiger partial charge on any atom is -0.352 e. The first-order chi connectivity index (χ1) is 14.2. The summed E-state index contributed by atoms with van der Waals surface area (Å²) in [4.78, 5) is 28.2. The Morgan fingerprint density at radius 1 is 0.967 bits per heavy atom. The van der Waals surface area contributed by atoms with E-state index in [0.717, 1.165) is 34.2 Å². The van der Waals surface area contributed by atoms with Crippen LogP contribution < -0.4 is 5.32 Å². The van der Waals surface area contributed by atoms with E-state index in [1.165, 1.54) is 0 Å². The lowest BCUT2D eigenvalue weighted by Gasteiger charge is -2.32. The van der Waals surface area contributed by atoms with E-state index in [9.17, 15) is 9.59 Å². The van der Waals surface area contributed by atoms with E-state index in [0.29, 0.717) is 19.4 Å². The standard InChI is InChI=1S/C26H36N2O2/c1-7-21(6)27-26(30)24(8-2)28(17-23-12-10-9-11-20(23)5)25(29)16-22-14-18(3)13-19(4)15-22/h9-15,21,24H,7-8,16-17H2,1-6H3,(H,27,30)/t21-,24-/m0/s1. The Kier molecular flexibility index (Phi) is 8.64. The average Bonchev–Trinajstić information content (AvgIpc) is 2.68. The van der Waals surface area contributed by atoms with Gasteiger partial charge in [0.1, 0.15) is 6.04 Å². The van der Waals surface area contributed by atoms with Gasteiger partial charge in [-0.15, -0.1) is 0 Å². The predicted octanol–water partition coefficient (Wildman–Crippen LogP) is 4.88. The normalized spacial score (nSPS) is 12.9. The van der Waals surface area contributed by atoms with Crippen LogP contribution in [0.1, 0.15) is 61.4 Å². The average molecular weight is 409 g/mol. The van der Waals surface area contributed by atoms with Gasteiger partial charge in [-0.3, -0.25) is 9.59 Å². The van der Waals surface area contributed by atoms with Crippen molar-refractivity contribution in [2.75, 3.05) is 0 Å². The van der Waals surface area contributed by atoms with Crippen molar-refractivity contribution in [2.45, 2.75) is 79.4 Å². The number of carbonyl (C=O) groups excluding carboxylic acids is 2. The van der Waals surface area contributed by atoms with Crippen molar-refractivity contribution in [3.05, 3.63) is 70.3 Å². The summed E-state index contributed by atoms with van der Waals surface area (Å²) in [6, 6.07) is 13.9. The lowest BCUT2D eigenvalue weighted by molar-refractivity contribution is -0.141. The van der Waals surface area contributed by atoms with Crippen LogP contribution in [0.4, 0.5) is 0 Å². The minimum absolute atomic E-state index is 0.0191. The van der Waals surface area contributed by atoms with Crippen molar-refractivity contribution in [1.82, 2.24) is 10.2 Å². The fourth-order valence-electron chi connectivity index (χ4n) is 3.78. The van der Waals surface area contributed by atoms with Gasteiger partial charge in [0.15, 0.2) is 0 Å². The van der Waals surface area contributed by atoms with Crippen LogP contribution in [-0.2, 0) is 22.6 Å². The molecule has 2 rings (SSSR count). The maximum atomic E-state index is 13.5. The third-order valence-electron chi connectivity index (χ3n) is 5.63. The first kappa shape index (κ1) is 23.7. The fraction of sp³-hybridized carbons (Fsp3) is 0.462. The zero-order valence-corrected chi connectivity index (χ0v) is 19.3. The van der Waals surface area contributed by atoms with E-state index in [2.05, 4.69) is 23.5 Å². The summed E-state index contributed by atoms with van der Waals surface area (Å²) in [5, 5.41) is 3.07. The number of amides is 2. The molecule has 0 spiro atoms. The Hall–Kier alpha value is -2.62. The summed E-state index contributed by atoms with van der Waals surface area (Å²) in [6.45, 7) is 12.6. The van der Waals surface area contributed by atoms with Crippen molar-refractivity contribution in [3.63, 3.8) is 0 Å². The number of hydrogen-bond acceptors (Lipinski definition) is 2. The number of hydrogen-bond donors (Lipinski definition) is 1. The molecule has 162 valence electrons. The second-order valence-corrected chi connectivity index (χ2v) is 8.36. The van der Waals surface area contributed by atoms with Crippen LogP contribution in [0, 0.1) is 20.8 Å². The monoisotopic (exact) mass is 408 g/mol. The van der Waals surface area contributed by atoms with Crippen molar-refractivity contribution in [2.24, 2.45) is 0 Å². The fourth-order valence-corrected chi connectivity index (χ4v) is 3.78. The third kappa shape index (κ3) is 6.45. The van der Waals surface area contributed by atoms with Crippen LogP contribution in [0.2, 0.25) is 0 Å². The van der Waals surface area contributed by atoms with Gasteiger partial charge in [-0.2, -0.15) is 0 Å². The van der Waals surface area contributed by atoms with E-state index < -0.39 is 6.04 Å². The van der Waals surface area contributed by atoms with E-state index in [1.54, 1.807) is 4.90 Å².